The lowest BCUT2D eigenvalue weighted by Crippen LogP contribution is -2.52. The first-order valence-electron chi connectivity index (χ1n) is 11.5. The van der Waals surface area contributed by atoms with Gasteiger partial charge in [0.15, 0.2) is 11.5 Å². The van der Waals surface area contributed by atoms with Crippen LogP contribution < -0.4 is 24.4 Å². The number of thiophene rings is 1. The SMILES string of the molecule is COc1ccccc1N1CCN([C@@H](c2cccs2)[C@@H](C)NC(=O)c2ccc3c(c2)OCO3)CC1. The maximum absolute atomic E-state index is 13.1. The van der Waals surface area contributed by atoms with E-state index in [0.29, 0.717) is 17.1 Å². The third-order valence-electron chi connectivity index (χ3n) is 6.44. The summed E-state index contributed by atoms with van der Waals surface area (Å²) in [7, 11) is 1.71. The Bertz CT molecular complexity index is 1130. The Balaban J connectivity index is 1.29. The molecule has 5 rings (SSSR count). The molecule has 3 aromatic rings. The number of methoxy groups -OCH3 is 1. The lowest BCUT2D eigenvalue weighted by Gasteiger charge is -2.42. The van der Waals surface area contributed by atoms with Gasteiger partial charge in [-0.15, -0.1) is 11.3 Å². The van der Waals surface area contributed by atoms with Crippen LogP contribution in [-0.4, -0.2) is 56.9 Å². The Morgan fingerprint density at radius 2 is 1.82 bits per heavy atom. The Kier molecular flexibility index (Phi) is 6.60. The quantitative estimate of drug-likeness (QED) is 0.549. The van der Waals surface area contributed by atoms with Gasteiger partial charge in [0.2, 0.25) is 6.79 Å². The van der Waals surface area contributed by atoms with Crippen molar-refractivity contribution >= 4 is 22.9 Å². The molecule has 0 saturated carbocycles. The van der Waals surface area contributed by atoms with E-state index in [1.165, 1.54) is 4.88 Å². The minimum Gasteiger partial charge on any atom is -0.495 e. The summed E-state index contributed by atoms with van der Waals surface area (Å²) in [6, 6.07) is 17.7. The van der Waals surface area contributed by atoms with Crippen LogP contribution in [0.1, 0.15) is 28.2 Å². The molecule has 3 heterocycles. The van der Waals surface area contributed by atoms with E-state index >= 15 is 0 Å². The Hall–Kier alpha value is -3.23. The van der Waals surface area contributed by atoms with E-state index in [2.05, 4.69) is 45.6 Å². The fraction of sp³-hybridized carbons (Fsp3) is 0.346. The van der Waals surface area contributed by atoms with Crippen LogP contribution in [0.5, 0.6) is 17.2 Å². The number of piperazine rings is 1. The van der Waals surface area contributed by atoms with E-state index in [-0.39, 0.29) is 24.8 Å². The monoisotopic (exact) mass is 479 g/mol. The molecular weight excluding hydrogens is 450 g/mol. The molecule has 1 saturated heterocycles. The summed E-state index contributed by atoms with van der Waals surface area (Å²) in [6.07, 6.45) is 0. The number of hydrogen-bond donors (Lipinski definition) is 1. The Labute approximate surface area is 203 Å². The fourth-order valence-corrected chi connectivity index (χ4v) is 5.71. The van der Waals surface area contributed by atoms with Crippen molar-refractivity contribution in [3.63, 3.8) is 0 Å². The molecule has 1 amide bonds. The lowest BCUT2D eigenvalue weighted by molar-refractivity contribution is 0.0890. The van der Waals surface area contributed by atoms with E-state index in [4.69, 9.17) is 14.2 Å². The number of hydrogen-bond acceptors (Lipinski definition) is 7. The summed E-state index contributed by atoms with van der Waals surface area (Å²) in [5, 5.41) is 5.33. The molecule has 0 radical (unpaired) electrons. The number of anilines is 1. The maximum atomic E-state index is 13.1. The molecule has 178 valence electrons. The van der Waals surface area contributed by atoms with Crippen molar-refractivity contribution < 1.29 is 19.0 Å². The first kappa shape index (κ1) is 22.6. The van der Waals surface area contributed by atoms with Gasteiger partial charge in [-0.25, -0.2) is 0 Å². The van der Waals surface area contributed by atoms with E-state index in [1.54, 1.807) is 36.6 Å². The summed E-state index contributed by atoms with van der Waals surface area (Å²) in [5.74, 6) is 2.08. The van der Waals surface area contributed by atoms with Crippen LogP contribution in [0.2, 0.25) is 0 Å². The van der Waals surface area contributed by atoms with Crippen LogP contribution in [0.25, 0.3) is 0 Å². The van der Waals surface area contributed by atoms with Crippen LogP contribution in [0, 0.1) is 0 Å². The number of carbonyl (C=O) groups is 1. The van der Waals surface area contributed by atoms with Crippen molar-refractivity contribution in [1.29, 1.82) is 0 Å². The number of ether oxygens (including phenoxy) is 3. The average Bonchev–Trinajstić information content (AvgIpc) is 3.56. The summed E-state index contributed by atoms with van der Waals surface area (Å²) < 4.78 is 16.4. The predicted octanol–water partition coefficient (Wildman–Crippen LogP) is 4.17. The van der Waals surface area contributed by atoms with Gasteiger partial charge >= 0.3 is 0 Å². The van der Waals surface area contributed by atoms with Gasteiger partial charge < -0.3 is 24.4 Å². The number of carbonyl (C=O) groups excluding carboxylic acids is 1. The molecule has 34 heavy (non-hydrogen) atoms. The normalized spacial score (nSPS) is 17.3. The van der Waals surface area contributed by atoms with Crippen molar-refractivity contribution in [2.75, 3.05) is 45.0 Å². The summed E-state index contributed by atoms with van der Waals surface area (Å²) in [6.45, 7) is 5.85. The van der Waals surface area contributed by atoms with E-state index < -0.39 is 0 Å². The highest BCUT2D eigenvalue weighted by atomic mass is 32.1. The van der Waals surface area contributed by atoms with Crippen LogP contribution in [-0.2, 0) is 0 Å². The van der Waals surface area contributed by atoms with Gasteiger partial charge in [0.1, 0.15) is 5.75 Å². The maximum Gasteiger partial charge on any atom is 0.251 e. The second-order valence-corrected chi connectivity index (χ2v) is 9.46. The van der Waals surface area contributed by atoms with Gasteiger partial charge in [-0.1, -0.05) is 18.2 Å². The van der Waals surface area contributed by atoms with Gasteiger partial charge in [0, 0.05) is 42.7 Å². The molecule has 2 atom stereocenters. The summed E-state index contributed by atoms with van der Waals surface area (Å²) >= 11 is 1.73. The highest BCUT2D eigenvalue weighted by Gasteiger charge is 2.31. The van der Waals surface area contributed by atoms with Crippen LogP contribution >= 0.6 is 11.3 Å². The zero-order chi connectivity index (χ0) is 23.5. The molecule has 8 heteroatoms. The minimum atomic E-state index is -0.111. The highest BCUT2D eigenvalue weighted by Crippen LogP contribution is 2.34. The Morgan fingerprint density at radius 3 is 2.59 bits per heavy atom. The topological polar surface area (TPSA) is 63.3 Å². The van der Waals surface area contributed by atoms with Gasteiger partial charge in [-0.05, 0) is 48.7 Å². The zero-order valence-corrected chi connectivity index (χ0v) is 20.2. The van der Waals surface area contributed by atoms with Gasteiger partial charge in [0.05, 0.1) is 18.8 Å². The molecule has 2 aromatic carbocycles. The fourth-order valence-electron chi connectivity index (χ4n) is 4.74. The molecule has 2 aliphatic rings. The molecular formula is C26H29N3O4S. The van der Waals surface area contributed by atoms with Crippen molar-refractivity contribution in [3.05, 3.63) is 70.4 Å². The van der Waals surface area contributed by atoms with Gasteiger partial charge in [-0.3, -0.25) is 9.69 Å². The van der Waals surface area contributed by atoms with Crippen LogP contribution in [0.4, 0.5) is 5.69 Å². The van der Waals surface area contributed by atoms with Crippen LogP contribution in [0.3, 0.4) is 0 Å². The third-order valence-corrected chi connectivity index (χ3v) is 7.38. The number of fused-ring (bicyclic) bond motifs is 1. The molecule has 1 N–H and O–H groups in total. The van der Waals surface area contributed by atoms with E-state index in [9.17, 15) is 4.79 Å². The lowest BCUT2D eigenvalue weighted by atomic mass is 10.0. The molecule has 0 unspecified atom stereocenters. The number of nitrogens with one attached hydrogen (secondary N) is 1. The minimum absolute atomic E-state index is 0.0746. The number of para-hydroxylation sites is 2. The average molecular weight is 480 g/mol. The van der Waals surface area contributed by atoms with Gasteiger partial charge in [0.25, 0.3) is 5.91 Å². The number of rotatable bonds is 7. The molecule has 1 aromatic heterocycles. The molecule has 2 aliphatic heterocycles. The zero-order valence-electron chi connectivity index (χ0n) is 19.4. The van der Waals surface area contributed by atoms with Crippen molar-refractivity contribution in [3.8, 4) is 17.2 Å². The molecule has 1 fully saturated rings. The predicted molar refractivity (Wildman–Crippen MR) is 133 cm³/mol. The highest BCUT2D eigenvalue weighted by molar-refractivity contribution is 7.10. The standard InChI is InChI=1S/C26H29N3O4S/c1-18(27-26(30)19-9-10-22-23(16-19)33-17-32-22)25(24-8-5-15-34-24)29-13-11-28(12-14-29)20-6-3-4-7-21(20)31-2/h3-10,15-16,18,25H,11-14,17H2,1-2H3,(H,27,30)/t18-,25-/m1/s1. The molecule has 0 bridgehead atoms. The molecule has 0 aliphatic carbocycles. The summed E-state index contributed by atoms with van der Waals surface area (Å²) in [4.78, 5) is 19.2. The molecule has 7 nitrogen and oxygen atoms in total. The second-order valence-electron chi connectivity index (χ2n) is 8.49. The Morgan fingerprint density at radius 1 is 1.03 bits per heavy atom. The summed E-state index contributed by atoms with van der Waals surface area (Å²) in [5.41, 5.74) is 1.70. The third kappa shape index (κ3) is 4.56. The number of benzene rings is 2. The first-order valence-corrected chi connectivity index (χ1v) is 12.4. The van der Waals surface area contributed by atoms with Crippen molar-refractivity contribution in [2.45, 2.75) is 19.0 Å². The molecule has 0 spiro atoms. The first-order chi connectivity index (χ1) is 16.6. The largest absolute Gasteiger partial charge is 0.495 e. The van der Waals surface area contributed by atoms with E-state index in [0.717, 1.165) is 37.6 Å². The van der Waals surface area contributed by atoms with Crippen LogP contribution in [0.15, 0.2) is 60.0 Å². The van der Waals surface area contributed by atoms with Crippen molar-refractivity contribution in [2.24, 2.45) is 0 Å². The smallest absolute Gasteiger partial charge is 0.251 e. The van der Waals surface area contributed by atoms with Crippen molar-refractivity contribution in [1.82, 2.24) is 10.2 Å². The number of amides is 1. The second kappa shape index (κ2) is 9.95. The van der Waals surface area contributed by atoms with Gasteiger partial charge in [-0.2, -0.15) is 0 Å². The van der Waals surface area contributed by atoms with E-state index in [1.807, 2.05) is 18.2 Å². The number of nitrogens with zero attached hydrogens (tertiary/aromatic N) is 2.